The van der Waals surface area contributed by atoms with E-state index >= 15 is 0 Å². The first-order valence-corrected chi connectivity index (χ1v) is 7.99. The maximum Gasteiger partial charge on any atom is 0.217 e. The first kappa shape index (κ1) is 15.9. The van der Waals surface area contributed by atoms with Crippen LogP contribution in [0.5, 0.6) is 0 Å². The van der Waals surface area contributed by atoms with Gasteiger partial charge in [0, 0.05) is 27.2 Å². The predicted molar refractivity (Wildman–Crippen MR) is 73.0 cm³/mol. The molecule has 1 N–H and O–H groups in total. The lowest BCUT2D eigenvalue weighted by molar-refractivity contribution is 0.0551. The van der Waals surface area contributed by atoms with Crippen LogP contribution >= 0.6 is 0 Å². The Bertz CT molecular complexity index is 360. The summed E-state index contributed by atoms with van der Waals surface area (Å²) in [5, 5.41) is 9.41. The molecule has 0 amide bonds. The molecule has 1 aliphatic rings. The second-order valence-electron chi connectivity index (χ2n) is 5.95. The Morgan fingerprint density at radius 1 is 1.39 bits per heavy atom. The van der Waals surface area contributed by atoms with Crippen molar-refractivity contribution in [2.24, 2.45) is 0 Å². The van der Waals surface area contributed by atoms with Crippen LogP contribution in [0.15, 0.2) is 0 Å². The van der Waals surface area contributed by atoms with Gasteiger partial charge < -0.3 is 10.0 Å². The van der Waals surface area contributed by atoms with E-state index in [0.29, 0.717) is 13.0 Å². The third kappa shape index (κ3) is 4.50. The van der Waals surface area contributed by atoms with Crippen molar-refractivity contribution in [1.82, 2.24) is 9.21 Å². The summed E-state index contributed by atoms with van der Waals surface area (Å²) in [6.07, 6.45) is 2.31. The monoisotopic (exact) mass is 278 g/mol. The summed E-state index contributed by atoms with van der Waals surface area (Å²) < 4.78 is 25.5. The van der Waals surface area contributed by atoms with Gasteiger partial charge in [0.2, 0.25) is 10.0 Å². The fraction of sp³-hybridized carbons (Fsp3) is 1.00. The highest BCUT2D eigenvalue weighted by molar-refractivity contribution is 7.89. The summed E-state index contributed by atoms with van der Waals surface area (Å²) in [6, 6.07) is 0. The van der Waals surface area contributed by atoms with Gasteiger partial charge in [-0.3, -0.25) is 0 Å². The molecule has 0 aromatic heterocycles. The van der Waals surface area contributed by atoms with E-state index in [1.54, 1.807) is 27.9 Å². The molecule has 0 aromatic rings. The molecule has 1 fully saturated rings. The first-order valence-electron chi connectivity index (χ1n) is 6.49. The second-order valence-corrected chi connectivity index (χ2v) is 8.38. The molecule has 5 nitrogen and oxygen atoms in total. The lowest BCUT2D eigenvalue weighted by atomic mass is 10.0. The molecule has 1 rings (SSSR count). The molecule has 1 atom stereocenters. The minimum Gasteiger partial charge on any atom is -0.390 e. The average molecular weight is 278 g/mol. The highest BCUT2D eigenvalue weighted by Gasteiger charge is 2.32. The Labute approximate surface area is 111 Å². The summed E-state index contributed by atoms with van der Waals surface area (Å²) in [6.45, 7) is 5.82. The number of likely N-dealkylation sites (tertiary alicyclic amines) is 1. The van der Waals surface area contributed by atoms with Gasteiger partial charge in [-0.1, -0.05) is 0 Å². The number of piperidine rings is 1. The molecule has 18 heavy (non-hydrogen) atoms. The number of hydrogen-bond donors (Lipinski definition) is 1. The van der Waals surface area contributed by atoms with Crippen LogP contribution in [0.25, 0.3) is 0 Å². The molecule has 1 saturated heterocycles. The molecular weight excluding hydrogens is 252 g/mol. The van der Waals surface area contributed by atoms with E-state index < -0.39 is 15.6 Å². The predicted octanol–water partition coefficient (Wildman–Crippen LogP) is 0.503. The Kier molecular flexibility index (Phi) is 5.17. The molecule has 1 unspecified atom stereocenters. The van der Waals surface area contributed by atoms with Gasteiger partial charge in [0.25, 0.3) is 0 Å². The minimum atomic E-state index is -3.16. The molecule has 0 bridgehead atoms. The van der Waals surface area contributed by atoms with Gasteiger partial charge in [-0.15, -0.1) is 0 Å². The smallest absolute Gasteiger partial charge is 0.217 e. The summed E-state index contributed by atoms with van der Waals surface area (Å²) in [5.74, 6) is 0. The van der Waals surface area contributed by atoms with E-state index in [1.807, 2.05) is 0 Å². The lowest BCUT2D eigenvalue weighted by Gasteiger charge is -2.34. The summed E-state index contributed by atoms with van der Waals surface area (Å²) in [4.78, 5) is 2.15. The lowest BCUT2D eigenvalue weighted by Crippen LogP contribution is -2.47. The number of sulfonamides is 1. The highest BCUT2D eigenvalue weighted by atomic mass is 32.2. The van der Waals surface area contributed by atoms with Gasteiger partial charge in [0.15, 0.2) is 0 Å². The summed E-state index contributed by atoms with van der Waals surface area (Å²) in [5.41, 5.74) is -0.687. The molecule has 0 spiro atoms. The molecule has 0 saturated carbocycles. The van der Waals surface area contributed by atoms with Gasteiger partial charge in [-0.05, 0) is 39.7 Å². The maximum atomic E-state index is 12.1. The number of nitrogens with zero attached hydrogens (tertiary/aromatic N) is 2. The Morgan fingerprint density at radius 2 is 2.00 bits per heavy atom. The van der Waals surface area contributed by atoms with Crippen LogP contribution in [0.1, 0.15) is 33.1 Å². The SMILES string of the molecule is CN(C)S(=O)(=O)C1CCCN(CCC(C)(C)O)C1. The van der Waals surface area contributed by atoms with Crippen LogP contribution in [0.3, 0.4) is 0 Å². The quantitative estimate of drug-likeness (QED) is 0.796. The van der Waals surface area contributed by atoms with Crippen LogP contribution < -0.4 is 0 Å². The van der Waals surface area contributed by atoms with E-state index in [4.69, 9.17) is 0 Å². The van der Waals surface area contributed by atoms with Crippen molar-refractivity contribution in [3.05, 3.63) is 0 Å². The van der Waals surface area contributed by atoms with Crippen molar-refractivity contribution in [2.45, 2.75) is 44.0 Å². The fourth-order valence-corrected chi connectivity index (χ4v) is 3.65. The normalized spacial score (nSPS) is 23.6. The number of aliphatic hydroxyl groups is 1. The van der Waals surface area contributed by atoms with Gasteiger partial charge in [-0.2, -0.15) is 0 Å². The Balaban J connectivity index is 2.57. The Hall–Kier alpha value is -0.170. The van der Waals surface area contributed by atoms with Crippen molar-refractivity contribution >= 4 is 10.0 Å². The molecular formula is C12H26N2O3S. The van der Waals surface area contributed by atoms with Crippen LogP contribution in [0.4, 0.5) is 0 Å². The van der Waals surface area contributed by atoms with Gasteiger partial charge >= 0.3 is 0 Å². The largest absolute Gasteiger partial charge is 0.390 e. The van der Waals surface area contributed by atoms with Gasteiger partial charge in [0.1, 0.15) is 0 Å². The van der Waals surface area contributed by atoms with Crippen LogP contribution in [-0.4, -0.2) is 67.3 Å². The third-order valence-corrected chi connectivity index (χ3v) is 5.68. The van der Waals surface area contributed by atoms with Crippen LogP contribution in [0, 0.1) is 0 Å². The highest BCUT2D eigenvalue weighted by Crippen LogP contribution is 2.20. The standard InChI is InChI=1S/C12H26N2O3S/c1-12(2,15)7-9-14-8-5-6-11(10-14)18(16,17)13(3)4/h11,15H,5-10H2,1-4H3. The first-order chi connectivity index (χ1) is 8.13. The third-order valence-electron chi connectivity index (χ3n) is 3.43. The Morgan fingerprint density at radius 3 is 2.50 bits per heavy atom. The van der Waals surface area contributed by atoms with Crippen molar-refractivity contribution in [3.8, 4) is 0 Å². The van der Waals surface area contributed by atoms with Crippen molar-refractivity contribution in [1.29, 1.82) is 0 Å². The van der Waals surface area contributed by atoms with E-state index in [0.717, 1.165) is 25.9 Å². The van der Waals surface area contributed by atoms with E-state index in [-0.39, 0.29) is 5.25 Å². The summed E-state index contributed by atoms with van der Waals surface area (Å²) >= 11 is 0. The average Bonchev–Trinajstić information content (AvgIpc) is 2.25. The molecule has 1 aliphatic heterocycles. The van der Waals surface area contributed by atoms with Crippen LogP contribution in [-0.2, 0) is 10.0 Å². The van der Waals surface area contributed by atoms with Crippen molar-refractivity contribution in [2.75, 3.05) is 33.7 Å². The van der Waals surface area contributed by atoms with E-state index in [2.05, 4.69) is 4.90 Å². The number of rotatable bonds is 5. The van der Waals surface area contributed by atoms with Crippen molar-refractivity contribution in [3.63, 3.8) is 0 Å². The van der Waals surface area contributed by atoms with Crippen LogP contribution in [0.2, 0.25) is 0 Å². The molecule has 0 aliphatic carbocycles. The molecule has 108 valence electrons. The molecule has 1 heterocycles. The summed E-state index contributed by atoms with van der Waals surface area (Å²) in [7, 11) is 0.0193. The van der Waals surface area contributed by atoms with Gasteiger partial charge in [0.05, 0.1) is 10.9 Å². The number of hydrogen-bond acceptors (Lipinski definition) is 4. The van der Waals surface area contributed by atoms with E-state index in [9.17, 15) is 13.5 Å². The zero-order valence-corrected chi connectivity index (χ0v) is 12.7. The second kappa shape index (κ2) is 5.86. The fourth-order valence-electron chi connectivity index (χ4n) is 2.19. The minimum absolute atomic E-state index is 0.303. The zero-order chi connectivity index (χ0) is 14.0. The molecule has 0 radical (unpaired) electrons. The molecule has 6 heteroatoms. The molecule has 0 aromatic carbocycles. The topological polar surface area (TPSA) is 60.9 Å². The van der Waals surface area contributed by atoms with Gasteiger partial charge in [-0.25, -0.2) is 12.7 Å². The van der Waals surface area contributed by atoms with Crippen molar-refractivity contribution < 1.29 is 13.5 Å². The zero-order valence-electron chi connectivity index (χ0n) is 11.9. The van der Waals surface area contributed by atoms with E-state index in [1.165, 1.54) is 4.31 Å². The maximum absolute atomic E-state index is 12.1.